The highest BCUT2D eigenvalue weighted by atomic mass is 16.4. The van der Waals surface area contributed by atoms with Gasteiger partial charge in [0.15, 0.2) is 0 Å². The summed E-state index contributed by atoms with van der Waals surface area (Å²) in [5, 5.41) is 9.61. The standard InChI is InChI=1S/C14H25NO2/c1-3-14(13(16)17)9-6-10-15(14)12-8-5-4-7-11(12)2/h11-12H,3-10H2,1-2H3,(H,16,17). The monoisotopic (exact) mass is 239 g/mol. The Morgan fingerprint density at radius 1 is 1.35 bits per heavy atom. The molecule has 0 bridgehead atoms. The topological polar surface area (TPSA) is 40.5 Å². The summed E-state index contributed by atoms with van der Waals surface area (Å²) in [6.45, 7) is 5.31. The first kappa shape index (κ1) is 12.9. The van der Waals surface area contributed by atoms with Crippen molar-refractivity contribution < 1.29 is 9.90 Å². The van der Waals surface area contributed by atoms with E-state index in [1.807, 2.05) is 6.92 Å². The van der Waals surface area contributed by atoms with Gasteiger partial charge in [0.1, 0.15) is 5.54 Å². The summed E-state index contributed by atoms with van der Waals surface area (Å²) in [5.41, 5.74) is -0.559. The molecule has 98 valence electrons. The lowest BCUT2D eigenvalue weighted by molar-refractivity contribution is -0.152. The summed E-state index contributed by atoms with van der Waals surface area (Å²) >= 11 is 0. The molecule has 1 saturated heterocycles. The van der Waals surface area contributed by atoms with E-state index in [1.165, 1.54) is 25.7 Å². The van der Waals surface area contributed by atoms with Crippen LogP contribution in [0.2, 0.25) is 0 Å². The van der Waals surface area contributed by atoms with Crippen LogP contribution in [0.25, 0.3) is 0 Å². The molecule has 17 heavy (non-hydrogen) atoms. The molecule has 2 fully saturated rings. The first-order chi connectivity index (χ1) is 8.12. The summed E-state index contributed by atoms with van der Waals surface area (Å²) in [6.07, 6.45) is 7.66. The van der Waals surface area contributed by atoms with Crippen LogP contribution in [-0.4, -0.2) is 34.1 Å². The third-order valence-electron chi connectivity index (χ3n) is 4.99. The fourth-order valence-electron chi connectivity index (χ4n) is 3.90. The molecule has 2 rings (SSSR count). The minimum absolute atomic E-state index is 0.502. The Balaban J connectivity index is 2.20. The first-order valence-electron chi connectivity index (χ1n) is 7.12. The molecule has 1 saturated carbocycles. The third-order valence-corrected chi connectivity index (χ3v) is 4.99. The van der Waals surface area contributed by atoms with Crippen LogP contribution in [-0.2, 0) is 4.79 Å². The number of rotatable bonds is 3. The maximum atomic E-state index is 11.7. The van der Waals surface area contributed by atoms with Crippen molar-refractivity contribution in [2.45, 2.75) is 70.4 Å². The molecule has 0 amide bonds. The molecule has 3 atom stereocenters. The lowest BCUT2D eigenvalue weighted by Crippen LogP contribution is -2.56. The highest BCUT2D eigenvalue weighted by Gasteiger charge is 2.49. The molecule has 3 heteroatoms. The van der Waals surface area contributed by atoms with Crippen molar-refractivity contribution in [3.8, 4) is 0 Å². The van der Waals surface area contributed by atoms with E-state index < -0.39 is 11.5 Å². The van der Waals surface area contributed by atoms with Crippen molar-refractivity contribution in [1.29, 1.82) is 0 Å². The maximum absolute atomic E-state index is 11.7. The Morgan fingerprint density at radius 2 is 2.06 bits per heavy atom. The molecule has 0 aromatic rings. The van der Waals surface area contributed by atoms with Crippen molar-refractivity contribution >= 4 is 5.97 Å². The number of nitrogens with zero attached hydrogens (tertiary/aromatic N) is 1. The fraction of sp³-hybridized carbons (Fsp3) is 0.929. The van der Waals surface area contributed by atoms with Gasteiger partial charge in [0.25, 0.3) is 0 Å². The average Bonchev–Trinajstić information content (AvgIpc) is 2.74. The van der Waals surface area contributed by atoms with Crippen LogP contribution in [0.5, 0.6) is 0 Å². The number of carboxylic acids is 1. The minimum atomic E-state index is -0.602. The van der Waals surface area contributed by atoms with Gasteiger partial charge >= 0.3 is 5.97 Å². The summed E-state index contributed by atoms with van der Waals surface area (Å²) < 4.78 is 0. The van der Waals surface area contributed by atoms with Crippen molar-refractivity contribution in [3.63, 3.8) is 0 Å². The van der Waals surface area contributed by atoms with Gasteiger partial charge in [-0.3, -0.25) is 9.69 Å². The predicted molar refractivity (Wildman–Crippen MR) is 68.0 cm³/mol. The number of hydrogen-bond acceptors (Lipinski definition) is 2. The number of carboxylic acid groups (broad SMARTS) is 1. The lowest BCUT2D eigenvalue weighted by atomic mass is 9.82. The van der Waals surface area contributed by atoms with Crippen LogP contribution in [0.1, 0.15) is 58.8 Å². The molecule has 1 aliphatic heterocycles. The van der Waals surface area contributed by atoms with Crippen LogP contribution < -0.4 is 0 Å². The molecule has 3 nitrogen and oxygen atoms in total. The van der Waals surface area contributed by atoms with Crippen LogP contribution in [0, 0.1) is 5.92 Å². The normalized spacial score (nSPS) is 39.4. The second-order valence-electron chi connectivity index (χ2n) is 5.82. The van der Waals surface area contributed by atoms with Gasteiger partial charge in [-0.15, -0.1) is 0 Å². The van der Waals surface area contributed by atoms with E-state index >= 15 is 0 Å². The van der Waals surface area contributed by atoms with Gasteiger partial charge in [0.05, 0.1) is 0 Å². The van der Waals surface area contributed by atoms with Gasteiger partial charge in [-0.2, -0.15) is 0 Å². The second-order valence-corrected chi connectivity index (χ2v) is 5.82. The number of likely N-dealkylation sites (tertiary alicyclic amines) is 1. The number of carbonyl (C=O) groups is 1. The van der Waals surface area contributed by atoms with Crippen LogP contribution >= 0.6 is 0 Å². The Bertz CT molecular complexity index is 292. The van der Waals surface area contributed by atoms with Crippen LogP contribution in [0.3, 0.4) is 0 Å². The molecular formula is C14H25NO2. The smallest absolute Gasteiger partial charge is 0.324 e. The fourth-order valence-corrected chi connectivity index (χ4v) is 3.90. The largest absolute Gasteiger partial charge is 0.480 e. The van der Waals surface area contributed by atoms with Gasteiger partial charge < -0.3 is 5.11 Å². The Kier molecular flexibility index (Phi) is 3.76. The number of hydrogen-bond donors (Lipinski definition) is 1. The highest BCUT2D eigenvalue weighted by Crippen LogP contribution is 2.40. The summed E-state index contributed by atoms with van der Waals surface area (Å²) in [5.74, 6) is 0.0578. The molecule has 1 N–H and O–H groups in total. The van der Waals surface area contributed by atoms with Gasteiger partial charge in [0, 0.05) is 6.04 Å². The molecule has 1 aliphatic carbocycles. The van der Waals surface area contributed by atoms with Crippen LogP contribution in [0.15, 0.2) is 0 Å². The van der Waals surface area contributed by atoms with Crippen molar-refractivity contribution in [2.24, 2.45) is 5.92 Å². The molecule has 2 aliphatic rings. The van der Waals surface area contributed by atoms with E-state index in [1.54, 1.807) is 0 Å². The first-order valence-corrected chi connectivity index (χ1v) is 7.12. The SMILES string of the molecule is CCC1(C(=O)O)CCCN1C1CCCCC1C. The van der Waals surface area contributed by atoms with Crippen molar-refractivity contribution in [1.82, 2.24) is 4.90 Å². The maximum Gasteiger partial charge on any atom is 0.324 e. The van der Waals surface area contributed by atoms with E-state index in [4.69, 9.17) is 0 Å². The van der Waals surface area contributed by atoms with Gasteiger partial charge in [-0.1, -0.05) is 26.7 Å². The second kappa shape index (κ2) is 4.97. The van der Waals surface area contributed by atoms with E-state index in [-0.39, 0.29) is 0 Å². The quantitative estimate of drug-likeness (QED) is 0.823. The lowest BCUT2D eigenvalue weighted by Gasteiger charge is -2.44. The minimum Gasteiger partial charge on any atom is -0.480 e. The highest BCUT2D eigenvalue weighted by molar-refractivity contribution is 5.79. The van der Waals surface area contributed by atoms with Gasteiger partial charge in [-0.05, 0) is 44.6 Å². The molecule has 0 aromatic carbocycles. The van der Waals surface area contributed by atoms with Crippen molar-refractivity contribution in [2.75, 3.05) is 6.54 Å². The number of aliphatic carboxylic acids is 1. The summed E-state index contributed by atoms with van der Waals surface area (Å²) in [7, 11) is 0. The van der Waals surface area contributed by atoms with Gasteiger partial charge in [0.2, 0.25) is 0 Å². The molecule has 1 heterocycles. The van der Waals surface area contributed by atoms with E-state index in [2.05, 4.69) is 11.8 Å². The average molecular weight is 239 g/mol. The predicted octanol–water partition coefficient (Wildman–Crippen LogP) is 2.89. The Hall–Kier alpha value is -0.570. The molecule has 3 unspecified atom stereocenters. The molecular weight excluding hydrogens is 214 g/mol. The van der Waals surface area contributed by atoms with E-state index in [0.717, 1.165) is 25.8 Å². The Morgan fingerprint density at radius 3 is 2.65 bits per heavy atom. The van der Waals surface area contributed by atoms with Crippen LogP contribution in [0.4, 0.5) is 0 Å². The third kappa shape index (κ3) is 2.10. The molecule has 0 radical (unpaired) electrons. The van der Waals surface area contributed by atoms with Gasteiger partial charge in [-0.25, -0.2) is 0 Å². The Labute approximate surface area is 104 Å². The zero-order valence-corrected chi connectivity index (χ0v) is 11.1. The summed E-state index contributed by atoms with van der Waals surface area (Å²) in [6, 6.07) is 0.502. The zero-order chi connectivity index (χ0) is 12.5. The molecule has 0 spiro atoms. The summed E-state index contributed by atoms with van der Waals surface area (Å²) in [4.78, 5) is 14.0. The molecule has 0 aromatic heterocycles. The van der Waals surface area contributed by atoms with E-state index in [0.29, 0.717) is 12.0 Å². The van der Waals surface area contributed by atoms with Crippen molar-refractivity contribution in [3.05, 3.63) is 0 Å². The zero-order valence-electron chi connectivity index (χ0n) is 11.1. The van der Waals surface area contributed by atoms with E-state index in [9.17, 15) is 9.90 Å².